The summed E-state index contributed by atoms with van der Waals surface area (Å²) < 4.78 is 19.8. The third kappa shape index (κ3) is 2.07. The van der Waals surface area contributed by atoms with Gasteiger partial charge in [-0.3, -0.25) is 4.68 Å². The van der Waals surface area contributed by atoms with Crippen molar-refractivity contribution in [3.8, 4) is 11.5 Å². The molecule has 15 heavy (non-hydrogen) atoms. The maximum atomic E-state index is 12.9. The second-order valence-electron chi connectivity index (χ2n) is 3.13. The lowest BCUT2D eigenvalue weighted by Gasteiger charge is -2.05. The Kier molecular flexibility index (Phi) is 2.29. The summed E-state index contributed by atoms with van der Waals surface area (Å²) in [7, 11) is 1.77. The summed E-state index contributed by atoms with van der Waals surface area (Å²) in [5.74, 6) is 0.431. The van der Waals surface area contributed by atoms with Gasteiger partial charge in [0.15, 0.2) is 11.5 Å². The minimum Gasteiger partial charge on any atom is -0.452 e. The summed E-state index contributed by atoms with van der Waals surface area (Å²) in [6.07, 6.45) is 3.20. The van der Waals surface area contributed by atoms with E-state index in [-0.39, 0.29) is 5.82 Å². The Morgan fingerprint density at radius 1 is 1.47 bits per heavy atom. The van der Waals surface area contributed by atoms with Crippen LogP contribution in [-0.2, 0) is 7.05 Å². The van der Waals surface area contributed by atoms with Crippen molar-refractivity contribution in [1.29, 1.82) is 0 Å². The molecule has 1 aromatic carbocycles. The molecule has 2 aromatic rings. The Labute approximate surface area is 86.1 Å². The maximum Gasteiger partial charge on any atom is 0.165 e. The molecule has 0 atom stereocenters. The molecule has 1 heterocycles. The fourth-order valence-electron chi connectivity index (χ4n) is 1.18. The Balaban J connectivity index is 2.27. The van der Waals surface area contributed by atoms with Crippen LogP contribution in [0.25, 0.3) is 0 Å². The molecule has 2 N–H and O–H groups in total. The molecule has 5 heteroatoms. The summed E-state index contributed by atoms with van der Waals surface area (Å²) in [6, 6.07) is 3.98. The molecule has 0 saturated heterocycles. The van der Waals surface area contributed by atoms with E-state index in [1.54, 1.807) is 17.9 Å². The van der Waals surface area contributed by atoms with Gasteiger partial charge in [-0.2, -0.15) is 5.10 Å². The van der Waals surface area contributed by atoms with Crippen LogP contribution in [-0.4, -0.2) is 9.78 Å². The highest BCUT2D eigenvalue weighted by atomic mass is 19.1. The number of halogens is 1. The van der Waals surface area contributed by atoms with Crippen LogP contribution in [0.1, 0.15) is 0 Å². The SMILES string of the molecule is Cn1cc(Oc2cc(F)ccc2N)cn1. The van der Waals surface area contributed by atoms with Crippen molar-refractivity contribution in [3.05, 3.63) is 36.4 Å². The first-order valence-electron chi connectivity index (χ1n) is 4.36. The number of rotatable bonds is 2. The van der Waals surface area contributed by atoms with Gasteiger partial charge in [-0.25, -0.2) is 4.39 Å². The molecule has 0 aliphatic rings. The number of anilines is 1. The van der Waals surface area contributed by atoms with Crippen molar-refractivity contribution in [1.82, 2.24) is 9.78 Å². The van der Waals surface area contributed by atoms with E-state index in [0.717, 1.165) is 0 Å². The predicted octanol–water partition coefficient (Wildman–Crippen LogP) is 1.93. The quantitative estimate of drug-likeness (QED) is 0.765. The average Bonchev–Trinajstić information content (AvgIpc) is 2.58. The van der Waals surface area contributed by atoms with Gasteiger partial charge in [-0.15, -0.1) is 0 Å². The predicted molar refractivity (Wildman–Crippen MR) is 54.1 cm³/mol. The lowest BCUT2D eigenvalue weighted by atomic mass is 10.3. The van der Waals surface area contributed by atoms with Gasteiger partial charge in [0, 0.05) is 13.1 Å². The van der Waals surface area contributed by atoms with Crippen molar-refractivity contribution >= 4 is 5.69 Å². The van der Waals surface area contributed by atoms with Crippen LogP contribution in [0, 0.1) is 5.82 Å². The molecule has 0 radical (unpaired) electrons. The third-order valence-electron chi connectivity index (χ3n) is 1.88. The molecule has 0 spiro atoms. The minimum atomic E-state index is -0.386. The van der Waals surface area contributed by atoms with Gasteiger partial charge < -0.3 is 10.5 Å². The highest BCUT2D eigenvalue weighted by Gasteiger charge is 2.04. The van der Waals surface area contributed by atoms with Gasteiger partial charge in [0.1, 0.15) is 5.82 Å². The molecule has 4 nitrogen and oxygen atoms in total. The number of nitrogens with zero attached hydrogens (tertiary/aromatic N) is 2. The number of benzene rings is 1. The fourth-order valence-corrected chi connectivity index (χ4v) is 1.18. The maximum absolute atomic E-state index is 12.9. The van der Waals surface area contributed by atoms with Gasteiger partial charge in [0.25, 0.3) is 0 Å². The number of aromatic nitrogens is 2. The standard InChI is InChI=1S/C10H10FN3O/c1-14-6-8(5-13-14)15-10-4-7(11)2-3-9(10)12/h2-6H,12H2,1H3. The van der Waals surface area contributed by atoms with Crippen molar-refractivity contribution in [2.24, 2.45) is 7.05 Å². The molecule has 1 aromatic heterocycles. The van der Waals surface area contributed by atoms with E-state index in [2.05, 4.69) is 5.10 Å². The molecule has 78 valence electrons. The summed E-state index contributed by atoms with van der Waals surface area (Å²) in [5, 5.41) is 3.92. The van der Waals surface area contributed by atoms with Gasteiger partial charge in [-0.1, -0.05) is 0 Å². The molecule has 0 saturated carbocycles. The second kappa shape index (κ2) is 3.61. The number of hydrogen-bond acceptors (Lipinski definition) is 3. The number of hydrogen-bond donors (Lipinski definition) is 1. The number of aryl methyl sites for hydroxylation is 1. The normalized spacial score (nSPS) is 10.3. The topological polar surface area (TPSA) is 53.1 Å². The smallest absolute Gasteiger partial charge is 0.165 e. The lowest BCUT2D eigenvalue weighted by Crippen LogP contribution is -1.92. The highest BCUT2D eigenvalue weighted by Crippen LogP contribution is 2.27. The third-order valence-corrected chi connectivity index (χ3v) is 1.88. The highest BCUT2D eigenvalue weighted by molar-refractivity contribution is 5.53. The van der Waals surface area contributed by atoms with E-state index in [1.807, 2.05) is 0 Å². The van der Waals surface area contributed by atoms with Crippen LogP contribution in [0.5, 0.6) is 11.5 Å². The molecule has 0 fully saturated rings. The van der Waals surface area contributed by atoms with E-state index in [0.29, 0.717) is 17.2 Å². The van der Waals surface area contributed by atoms with Crippen molar-refractivity contribution < 1.29 is 9.13 Å². The van der Waals surface area contributed by atoms with Crippen LogP contribution in [0.2, 0.25) is 0 Å². The van der Waals surface area contributed by atoms with E-state index < -0.39 is 0 Å². The Morgan fingerprint density at radius 3 is 2.93 bits per heavy atom. The first-order chi connectivity index (χ1) is 7.15. The van der Waals surface area contributed by atoms with Crippen LogP contribution < -0.4 is 10.5 Å². The summed E-state index contributed by atoms with van der Waals surface area (Å²) >= 11 is 0. The van der Waals surface area contributed by atoms with Crippen LogP contribution in [0.4, 0.5) is 10.1 Å². The van der Waals surface area contributed by atoms with Gasteiger partial charge in [0.05, 0.1) is 18.1 Å². The first kappa shape index (κ1) is 9.51. The zero-order chi connectivity index (χ0) is 10.8. The Bertz CT molecular complexity index is 481. The van der Waals surface area contributed by atoms with Gasteiger partial charge >= 0.3 is 0 Å². The molecule has 0 unspecified atom stereocenters. The van der Waals surface area contributed by atoms with Crippen LogP contribution in [0.15, 0.2) is 30.6 Å². The van der Waals surface area contributed by atoms with Gasteiger partial charge in [0.2, 0.25) is 0 Å². The van der Waals surface area contributed by atoms with Gasteiger partial charge in [-0.05, 0) is 12.1 Å². The van der Waals surface area contributed by atoms with Crippen LogP contribution in [0.3, 0.4) is 0 Å². The number of nitrogens with two attached hydrogens (primary N) is 1. The van der Waals surface area contributed by atoms with Crippen molar-refractivity contribution in [2.75, 3.05) is 5.73 Å². The molecule has 0 aliphatic heterocycles. The zero-order valence-electron chi connectivity index (χ0n) is 8.14. The van der Waals surface area contributed by atoms with E-state index in [4.69, 9.17) is 10.5 Å². The number of ether oxygens (including phenoxy) is 1. The summed E-state index contributed by atoms with van der Waals surface area (Å²) in [6.45, 7) is 0. The van der Waals surface area contributed by atoms with E-state index in [9.17, 15) is 4.39 Å². The summed E-state index contributed by atoms with van der Waals surface area (Å²) in [4.78, 5) is 0. The Morgan fingerprint density at radius 2 is 2.27 bits per heavy atom. The molecular formula is C10H10FN3O. The van der Waals surface area contributed by atoms with Crippen molar-refractivity contribution in [2.45, 2.75) is 0 Å². The average molecular weight is 207 g/mol. The van der Waals surface area contributed by atoms with E-state index in [1.165, 1.54) is 24.4 Å². The molecular weight excluding hydrogens is 197 g/mol. The first-order valence-corrected chi connectivity index (χ1v) is 4.36. The van der Waals surface area contributed by atoms with Crippen molar-refractivity contribution in [3.63, 3.8) is 0 Å². The monoisotopic (exact) mass is 207 g/mol. The van der Waals surface area contributed by atoms with Crippen LogP contribution >= 0.6 is 0 Å². The molecule has 0 bridgehead atoms. The lowest BCUT2D eigenvalue weighted by molar-refractivity contribution is 0.478. The molecule has 0 amide bonds. The second-order valence-corrected chi connectivity index (χ2v) is 3.13. The molecule has 0 aliphatic carbocycles. The number of nitrogen functional groups attached to an aromatic ring is 1. The largest absolute Gasteiger partial charge is 0.452 e. The summed E-state index contributed by atoms with van der Waals surface area (Å²) in [5.41, 5.74) is 6.01. The van der Waals surface area contributed by atoms with E-state index >= 15 is 0 Å². The minimum absolute atomic E-state index is 0.294. The molecule has 2 rings (SSSR count). The zero-order valence-corrected chi connectivity index (χ0v) is 8.14. The Hall–Kier alpha value is -2.04. The fraction of sp³-hybridized carbons (Fsp3) is 0.100.